The van der Waals surface area contributed by atoms with Gasteiger partial charge in [0.2, 0.25) is 0 Å². The van der Waals surface area contributed by atoms with Gasteiger partial charge in [0.05, 0.1) is 22.7 Å². The number of carbonyl (C=O) groups is 1. The minimum absolute atomic E-state index is 0.00921. The van der Waals surface area contributed by atoms with Crippen LogP contribution in [0.25, 0.3) is 0 Å². The summed E-state index contributed by atoms with van der Waals surface area (Å²) in [7, 11) is 0. The number of nitrogens with zero attached hydrogens (tertiary/aromatic N) is 2. The Morgan fingerprint density at radius 3 is 2.75 bits per heavy atom. The van der Waals surface area contributed by atoms with E-state index < -0.39 is 17.2 Å². The summed E-state index contributed by atoms with van der Waals surface area (Å²) in [4.78, 5) is 16.8. The number of H-pyrrole nitrogens is 1. The highest BCUT2D eigenvalue weighted by Gasteiger charge is 2.42. The van der Waals surface area contributed by atoms with Gasteiger partial charge in [-0.2, -0.15) is 5.10 Å². The number of halogens is 2. The van der Waals surface area contributed by atoms with Crippen molar-refractivity contribution in [2.45, 2.75) is 44.6 Å². The molecule has 0 amide bonds. The van der Waals surface area contributed by atoms with Gasteiger partial charge in [0.1, 0.15) is 11.6 Å². The fourth-order valence-corrected chi connectivity index (χ4v) is 4.27. The maximum absolute atomic E-state index is 14.1. The van der Waals surface area contributed by atoms with Gasteiger partial charge in [0.15, 0.2) is 11.6 Å². The van der Waals surface area contributed by atoms with E-state index in [9.17, 15) is 14.3 Å². The minimum atomic E-state index is -0.846. The first-order valence-corrected chi connectivity index (χ1v) is 10.9. The van der Waals surface area contributed by atoms with Crippen LogP contribution in [0.5, 0.6) is 5.75 Å². The number of carboxylic acid groups (broad SMARTS) is 1. The first-order valence-electron chi connectivity index (χ1n) is 10.5. The molecule has 4 rings (SSSR count). The molecule has 0 saturated heterocycles. The molecule has 7 nitrogen and oxygen atoms in total. The summed E-state index contributed by atoms with van der Waals surface area (Å²) < 4.78 is 19.9. The number of rotatable bonds is 8. The molecule has 168 valence electrons. The number of hydrogen-bond acceptors (Lipinski definition) is 5. The fraction of sp³-hybridized carbons (Fsp3) is 0.348. The highest BCUT2D eigenvalue weighted by atomic mass is 35.5. The zero-order chi connectivity index (χ0) is 22.6. The summed E-state index contributed by atoms with van der Waals surface area (Å²) in [6.07, 6.45) is 4.41. The average Bonchev–Trinajstić information content (AvgIpc) is 3.30. The molecule has 1 saturated carbocycles. The molecule has 1 aliphatic rings. The Hall–Kier alpha value is -3.13. The number of anilines is 2. The Labute approximate surface area is 190 Å². The van der Waals surface area contributed by atoms with Crippen LogP contribution >= 0.6 is 11.6 Å². The maximum atomic E-state index is 14.1. The van der Waals surface area contributed by atoms with Gasteiger partial charge in [0, 0.05) is 11.8 Å². The van der Waals surface area contributed by atoms with Crippen LogP contribution in [0.1, 0.15) is 37.8 Å². The van der Waals surface area contributed by atoms with Gasteiger partial charge in [-0.1, -0.05) is 23.7 Å². The molecule has 3 N–H and O–H groups in total. The molecule has 0 aliphatic heterocycles. The first kappa shape index (κ1) is 22.1. The molecule has 1 fully saturated rings. The highest BCUT2D eigenvalue weighted by molar-refractivity contribution is 6.30. The van der Waals surface area contributed by atoms with Crippen LogP contribution < -0.4 is 10.1 Å². The van der Waals surface area contributed by atoms with E-state index in [1.807, 2.05) is 18.2 Å². The standard InChI is InChI=1S/C23H24ClFN4O3/c24-17-4-2-5-18(21(17)25)32-16-8-12-23(13-9-16,22(30)31)11-7-15-3-1-6-19(27-15)28-20-10-14-26-29-20/h1-6,10,14,16H,7-9,11-13H2,(H,30,31)(H2,26,27,28,29). The second-order valence-electron chi connectivity index (χ2n) is 8.06. The largest absolute Gasteiger partial charge is 0.487 e. The number of pyridine rings is 1. The summed E-state index contributed by atoms with van der Waals surface area (Å²) in [5.74, 6) is 0.106. The van der Waals surface area contributed by atoms with E-state index in [4.69, 9.17) is 16.3 Å². The molecule has 2 aromatic heterocycles. The van der Waals surface area contributed by atoms with Crippen LogP contribution in [-0.2, 0) is 11.2 Å². The number of carboxylic acids is 1. The van der Waals surface area contributed by atoms with Crippen LogP contribution in [-0.4, -0.2) is 32.4 Å². The van der Waals surface area contributed by atoms with E-state index in [-0.39, 0.29) is 16.9 Å². The number of aromatic amines is 1. The zero-order valence-electron chi connectivity index (χ0n) is 17.4. The predicted molar refractivity (Wildman–Crippen MR) is 119 cm³/mol. The lowest BCUT2D eigenvalue weighted by Gasteiger charge is -2.37. The summed E-state index contributed by atoms with van der Waals surface area (Å²) in [5.41, 5.74) is -0.0316. The molecule has 0 unspecified atom stereocenters. The monoisotopic (exact) mass is 458 g/mol. The van der Waals surface area contributed by atoms with Crippen molar-refractivity contribution in [2.75, 3.05) is 5.32 Å². The molecule has 0 radical (unpaired) electrons. The molecule has 0 atom stereocenters. The van der Waals surface area contributed by atoms with E-state index in [0.29, 0.717) is 44.3 Å². The Morgan fingerprint density at radius 1 is 1.25 bits per heavy atom. The summed E-state index contributed by atoms with van der Waals surface area (Å²) in [6.45, 7) is 0. The van der Waals surface area contributed by atoms with Crippen molar-refractivity contribution in [3.05, 3.63) is 65.2 Å². The van der Waals surface area contributed by atoms with E-state index in [1.54, 1.807) is 18.3 Å². The highest BCUT2D eigenvalue weighted by Crippen LogP contribution is 2.42. The first-order chi connectivity index (χ1) is 15.4. The van der Waals surface area contributed by atoms with Crippen molar-refractivity contribution in [1.29, 1.82) is 0 Å². The molecule has 0 spiro atoms. The van der Waals surface area contributed by atoms with Crippen molar-refractivity contribution >= 4 is 29.2 Å². The third-order valence-corrected chi connectivity index (χ3v) is 6.28. The van der Waals surface area contributed by atoms with Crippen molar-refractivity contribution < 1.29 is 19.0 Å². The third kappa shape index (κ3) is 5.02. The van der Waals surface area contributed by atoms with Gasteiger partial charge in [-0.15, -0.1) is 0 Å². The number of nitrogens with one attached hydrogen (secondary N) is 2. The number of aliphatic carboxylic acids is 1. The Bertz CT molecular complexity index is 1070. The van der Waals surface area contributed by atoms with Gasteiger partial charge in [0.25, 0.3) is 0 Å². The topological polar surface area (TPSA) is 100 Å². The van der Waals surface area contributed by atoms with Gasteiger partial charge in [-0.25, -0.2) is 9.37 Å². The number of aryl methyl sites for hydroxylation is 1. The van der Waals surface area contributed by atoms with Gasteiger partial charge < -0.3 is 15.2 Å². The molecule has 1 aromatic carbocycles. The summed E-state index contributed by atoms with van der Waals surface area (Å²) >= 11 is 5.82. The SMILES string of the molecule is O=C(O)C1(CCc2cccc(Nc3ccn[nH]3)n2)CCC(Oc2cccc(Cl)c2F)CC1. The number of aromatic nitrogens is 3. The predicted octanol–water partition coefficient (Wildman–Crippen LogP) is 5.37. The lowest BCUT2D eigenvalue weighted by molar-refractivity contribution is -0.152. The number of benzene rings is 1. The van der Waals surface area contributed by atoms with Crippen molar-refractivity contribution in [2.24, 2.45) is 5.41 Å². The quantitative estimate of drug-likeness (QED) is 0.420. The number of hydrogen-bond donors (Lipinski definition) is 3. The molecule has 2 heterocycles. The zero-order valence-corrected chi connectivity index (χ0v) is 18.1. The van der Waals surface area contributed by atoms with Crippen LogP contribution in [0.3, 0.4) is 0 Å². The lowest BCUT2D eigenvalue weighted by Crippen LogP contribution is -2.39. The minimum Gasteiger partial charge on any atom is -0.487 e. The van der Waals surface area contributed by atoms with Crippen LogP contribution in [0, 0.1) is 11.2 Å². The molecular formula is C23H24ClFN4O3. The normalized spacial score (nSPS) is 20.6. The van der Waals surface area contributed by atoms with Crippen molar-refractivity contribution in [3.8, 4) is 5.75 Å². The van der Waals surface area contributed by atoms with Crippen molar-refractivity contribution in [1.82, 2.24) is 15.2 Å². The average molecular weight is 459 g/mol. The smallest absolute Gasteiger partial charge is 0.309 e. The second kappa shape index (κ2) is 9.56. The summed E-state index contributed by atoms with van der Waals surface area (Å²) in [5, 5.41) is 19.8. The van der Waals surface area contributed by atoms with Gasteiger partial charge >= 0.3 is 5.97 Å². The van der Waals surface area contributed by atoms with Gasteiger partial charge in [-0.3, -0.25) is 9.89 Å². The van der Waals surface area contributed by atoms with Gasteiger partial charge in [-0.05, 0) is 62.8 Å². The maximum Gasteiger partial charge on any atom is 0.309 e. The number of ether oxygens (including phenoxy) is 1. The molecule has 3 aromatic rings. The molecular weight excluding hydrogens is 435 g/mol. The van der Waals surface area contributed by atoms with E-state index in [2.05, 4.69) is 20.5 Å². The molecule has 1 aliphatic carbocycles. The Morgan fingerprint density at radius 2 is 2.03 bits per heavy atom. The third-order valence-electron chi connectivity index (χ3n) is 5.98. The van der Waals surface area contributed by atoms with Crippen LogP contribution in [0.2, 0.25) is 5.02 Å². The van der Waals surface area contributed by atoms with E-state index in [1.165, 1.54) is 12.1 Å². The van der Waals surface area contributed by atoms with Crippen LogP contribution in [0.15, 0.2) is 48.7 Å². The molecule has 32 heavy (non-hydrogen) atoms. The van der Waals surface area contributed by atoms with Crippen LogP contribution in [0.4, 0.5) is 16.0 Å². The van der Waals surface area contributed by atoms with E-state index >= 15 is 0 Å². The molecule has 0 bridgehead atoms. The Kier molecular flexibility index (Phi) is 6.60. The Balaban J connectivity index is 1.37. The van der Waals surface area contributed by atoms with E-state index in [0.717, 1.165) is 11.5 Å². The second-order valence-corrected chi connectivity index (χ2v) is 8.47. The van der Waals surface area contributed by atoms with Crippen molar-refractivity contribution in [3.63, 3.8) is 0 Å². The fourth-order valence-electron chi connectivity index (χ4n) is 4.11. The summed E-state index contributed by atoms with van der Waals surface area (Å²) in [6, 6.07) is 12.1. The lowest BCUT2D eigenvalue weighted by atomic mass is 9.70. The molecule has 9 heteroatoms.